The van der Waals surface area contributed by atoms with Crippen LogP contribution in [0, 0.1) is 0 Å². The van der Waals surface area contributed by atoms with Crippen molar-refractivity contribution in [3.63, 3.8) is 0 Å². The average Bonchev–Trinajstić information content (AvgIpc) is 2.32. The number of carbonyl (C=O) groups excluding carboxylic acids is 1. The third-order valence-electron chi connectivity index (χ3n) is 3.17. The number of likely N-dealkylation sites (tertiary alicyclic amines) is 1. The lowest BCUT2D eigenvalue weighted by Gasteiger charge is -2.37. The fourth-order valence-electron chi connectivity index (χ4n) is 2.13. The molecule has 0 aromatic rings. The van der Waals surface area contributed by atoms with Crippen molar-refractivity contribution in [3.05, 3.63) is 0 Å². The standard InChI is InChI=1S/C12H22N2O4S/c1-12(18)5-3-6-14(8-12)11(17)13-9(10(15)16)4-7-19-2/h9,18H,3-8H2,1-2H3,(H,13,17)(H,15,16)/t9-,12?/m1/s1. The van der Waals surface area contributed by atoms with Gasteiger partial charge in [-0.2, -0.15) is 11.8 Å². The van der Waals surface area contributed by atoms with Crippen LogP contribution in [0.1, 0.15) is 26.2 Å². The lowest BCUT2D eigenvalue weighted by molar-refractivity contribution is -0.139. The van der Waals surface area contributed by atoms with Crippen molar-refractivity contribution in [2.24, 2.45) is 0 Å². The van der Waals surface area contributed by atoms with Gasteiger partial charge >= 0.3 is 12.0 Å². The molecule has 0 radical (unpaired) electrons. The largest absolute Gasteiger partial charge is 0.480 e. The number of rotatable bonds is 5. The lowest BCUT2D eigenvalue weighted by atomic mass is 9.95. The monoisotopic (exact) mass is 290 g/mol. The normalized spacial score (nSPS) is 24.9. The van der Waals surface area contributed by atoms with Gasteiger partial charge in [-0.15, -0.1) is 0 Å². The van der Waals surface area contributed by atoms with Crippen molar-refractivity contribution < 1.29 is 19.8 Å². The van der Waals surface area contributed by atoms with Crippen LogP contribution in [0.5, 0.6) is 0 Å². The highest BCUT2D eigenvalue weighted by molar-refractivity contribution is 7.98. The number of amides is 2. The van der Waals surface area contributed by atoms with Gasteiger partial charge in [0.15, 0.2) is 0 Å². The number of nitrogens with one attached hydrogen (secondary N) is 1. The summed E-state index contributed by atoms with van der Waals surface area (Å²) in [6.07, 6.45) is 3.67. The van der Waals surface area contributed by atoms with E-state index in [9.17, 15) is 14.7 Å². The Morgan fingerprint density at radius 1 is 1.53 bits per heavy atom. The average molecular weight is 290 g/mol. The molecule has 2 amide bonds. The van der Waals surface area contributed by atoms with Gasteiger partial charge in [0.05, 0.1) is 12.1 Å². The van der Waals surface area contributed by atoms with E-state index < -0.39 is 23.6 Å². The summed E-state index contributed by atoms with van der Waals surface area (Å²) >= 11 is 1.54. The van der Waals surface area contributed by atoms with Crippen molar-refractivity contribution in [1.82, 2.24) is 10.2 Å². The number of aliphatic hydroxyl groups is 1. The summed E-state index contributed by atoms with van der Waals surface area (Å²) in [4.78, 5) is 24.5. The highest BCUT2D eigenvalue weighted by atomic mass is 32.2. The molecule has 0 saturated carbocycles. The maximum absolute atomic E-state index is 12.0. The van der Waals surface area contributed by atoms with Crippen LogP contribution in [0.4, 0.5) is 4.79 Å². The van der Waals surface area contributed by atoms with E-state index in [0.717, 1.165) is 6.42 Å². The molecule has 1 aliphatic rings. The first-order valence-corrected chi connectivity index (χ1v) is 7.74. The quantitative estimate of drug-likeness (QED) is 0.695. The van der Waals surface area contributed by atoms with Gasteiger partial charge in [0, 0.05) is 6.54 Å². The molecule has 0 aromatic carbocycles. The molecule has 110 valence electrons. The topological polar surface area (TPSA) is 89.9 Å². The molecular weight excluding hydrogens is 268 g/mol. The number of carboxylic acid groups (broad SMARTS) is 1. The second kappa shape index (κ2) is 7.00. The van der Waals surface area contributed by atoms with Gasteiger partial charge in [0.1, 0.15) is 6.04 Å². The Hall–Kier alpha value is -0.950. The maximum atomic E-state index is 12.0. The van der Waals surface area contributed by atoms with Gasteiger partial charge < -0.3 is 20.4 Å². The molecule has 2 atom stereocenters. The molecule has 1 fully saturated rings. The van der Waals surface area contributed by atoms with Crippen LogP contribution >= 0.6 is 11.8 Å². The minimum absolute atomic E-state index is 0.244. The first-order valence-electron chi connectivity index (χ1n) is 6.35. The highest BCUT2D eigenvalue weighted by Gasteiger charge is 2.32. The van der Waals surface area contributed by atoms with Crippen LogP contribution in [0.15, 0.2) is 0 Å². The zero-order valence-corrected chi connectivity index (χ0v) is 12.2. The predicted octanol–water partition coefficient (Wildman–Crippen LogP) is 0.749. The summed E-state index contributed by atoms with van der Waals surface area (Å²) in [5.41, 5.74) is -0.881. The molecule has 1 saturated heterocycles. The molecule has 0 aliphatic carbocycles. The number of piperidine rings is 1. The van der Waals surface area contributed by atoms with Crippen LogP contribution in [0.2, 0.25) is 0 Å². The Kier molecular flexibility index (Phi) is 5.93. The SMILES string of the molecule is CSCC[C@@H](NC(=O)N1CCCC(C)(O)C1)C(=O)O. The Morgan fingerprint density at radius 3 is 2.74 bits per heavy atom. The molecule has 7 heteroatoms. The predicted molar refractivity (Wildman–Crippen MR) is 74.4 cm³/mol. The number of carbonyl (C=O) groups is 2. The Bertz CT molecular complexity index is 336. The molecule has 3 N–H and O–H groups in total. The van der Waals surface area contributed by atoms with E-state index in [1.807, 2.05) is 6.26 Å². The molecular formula is C12H22N2O4S. The van der Waals surface area contributed by atoms with E-state index >= 15 is 0 Å². The summed E-state index contributed by atoms with van der Waals surface area (Å²) in [6.45, 7) is 2.49. The minimum Gasteiger partial charge on any atom is -0.480 e. The number of hydrogen-bond donors (Lipinski definition) is 3. The summed E-state index contributed by atoms with van der Waals surface area (Å²) in [7, 11) is 0. The van der Waals surface area contributed by atoms with Crippen LogP contribution in [0.25, 0.3) is 0 Å². The van der Waals surface area contributed by atoms with Crippen LogP contribution in [0.3, 0.4) is 0 Å². The summed E-state index contributed by atoms with van der Waals surface area (Å²) < 4.78 is 0. The van der Waals surface area contributed by atoms with Crippen LogP contribution in [-0.2, 0) is 4.79 Å². The number of hydrogen-bond acceptors (Lipinski definition) is 4. The third kappa shape index (κ3) is 5.28. The van der Waals surface area contributed by atoms with E-state index in [-0.39, 0.29) is 6.54 Å². The van der Waals surface area contributed by atoms with Gasteiger partial charge in [-0.25, -0.2) is 9.59 Å². The van der Waals surface area contributed by atoms with Crippen molar-refractivity contribution in [2.75, 3.05) is 25.1 Å². The number of aliphatic carboxylic acids is 1. The lowest BCUT2D eigenvalue weighted by Crippen LogP contribution is -2.54. The number of nitrogens with zero attached hydrogens (tertiary/aromatic N) is 1. The first-order chi connectivity index (χ1) is 8.85. The van der Waals surface area contributed by atoms with E-state index in [0.29, 0.717) is 25.1 Å². The van der Waals surface area contributed by atoms with Crippen molar-refractivity contribution in [3.8, 4) is 0 Å². The van der Waals surface area contributed by atoms with Gasteiger partial charge in [-0.05, 0) is 38.2 Å². The smallest absolute Gasteiger partial charge is 0.326 e. The zero-order chi connectivity index (χ0) is 14.5. The van der Waals surface area contributed by atoms with Gasteiger partial charge in [0.2, 0.25) is 0 Å². The Balaban J connectivity index is 2.54. The number of urea groups is 1. The van der Waals surface area contributed by atoms with Crippen LogP contribution in [-0.4, -0.2) is 63.9 Å². The Labute approximate surface area is 117 Å². The highest BCUT2D eigenvalue weighted by Crippen LogP contribution is 2.20. The van der Waals surface area contributed by atoms with Crippen molar-refractivity contribution in [2.45, 2.75) is 37.8 Å². The summed E-state index contributed by atoms with van der Waals surface area (Å²) in [5.74, 6) is -0.347. The molecule has 0 spiro atoms. The zero-order valence-electron chi connectivity index (χ0n) is 11.4. The van der Waals surface area contributed by atoms with Crippen molar-refractivity contribution >= 4 is 23.8 Å². The van der Waals surface area contributed by atoms with E-state index in [1.165, 1.54) is 4.90 Å². The molecule has 6 nitrogen and oxygen atoms in total. The number of β-amino-alcohol motifs (C(OH)–C–C–N with tert-alkyl or cyclic N) is 1. The molecule has 1 aliphatic heterocycles. The molecule has 1 unspecified atom stereocenters. The molecule has 1 heterocycles. The van der Waals surface area contributed by atoms with Gasteiger partial charge in [-0.3, -0.25) is 0 Å². The fraction of sp³-hybridized carbons (Fsp3) is 0.833. The van der Waals surface area contributed by atoms with E-state index in [1.54, 1.807) is 18.7 Å². The Morgan fingerprint density at radius 2 is 2.21 bits per heavy atom. The number of thioether (sulfide) groups is 1. The molecule has 19 heavy (non-hydrogen) atoms. The first kappa shape index (κ1) is 16.1. The fourth-order valence-corrected chi connectivity index (χ4v) is 2.60. The second-order valence-corrected chi connectivity index (χ2v) is 6.13. The maximum Gasteiger partial charge on any atom is 0.326 e. The number of carboxylic acids is 1. The second-order valence-electron chi connectivity index (χ2n) is 5.14. The summed E-state index contributed by atoms with van der Waals surface area (Å²) in [5, 5.41) is 21.5. The summed E-state index contributed by atoms with van der Waals surface area (Å²) in [6, 6.07) is -1.28. The molecule has 0 bridgehead atoms. The van der Waals surface area contributed by atoms with Gasteiger partial charge in [-0.1, -0.05) is 0 Å². The van der Waals surface area contributed by atoms with E-state index in [2.05, 4.69) is 5.32 Å². The molecule has 0 aromatic heterocycles. The van der Waals surface area contributed by atoms with Crippen LogP contribution < -0.4 is 5.32 Å². The van der Waals surface area contributed by atoms with E-state index in [4.69, 9.17) is 5.11 Å². The third-order valence-corrected chi connectivity index (χ3v) is 3.81. The van der Waals surface area contributed by atoms with Gasteiger partial charge in [0.25, 0.3) is 0 Å². The molecule has 1 rings (SSSR count). The minimum atomic E-state index is -1.02. The van der Waals surface area contributed by atoms with Crippen molar-refractivity contribution in [1.29, 1.82) is 0 Å².